The summed E-state index contributed by atoms with van der Waals surface area (Å²) in [5.41, 5.74) is 6.78. The first-order chi connectivity index (χ1) is 17.3. The lowest BCUT2D eigenvalue weighted by atomic mass is 9.93. The van der Waals surface area contributed by atoms with Crippen molar-refractivity contribution >= 4 is 56.0 Å². The van der Waals surface area contributed by atoms with Crippen molar-refractivity contribution in [3.05, 3.63) is 83.4 Å². The van der Waals surface area contributed by atoms with Crippen LogP contribution in [0.5, 0.6) is 0 Å². The summed E-state index contributed by atoms with van der Waals surface area (Å²) >= 11 is 0. The van der Waals surface area contributed by atoms with Crippen molar-refractivity contribution in [2.75, 3.05) is 5.73 Å². The molecule has 0 atom stereocenters. The minimum atomic E-state index is -1.33. The molecule has 5 aromatic rings. The van der Waals surface area contributed by atoms with Gasteiger partial charge in [0, 0.05) is 29.0 Å². The number of benzene rings is 2. The molecule has 0 amide bonds. The first kappa shape index (κ1) is 21.7. The molecule has 0 spiro atoms. The number of carbonyl (C=O) groups is 2. The third-order valence-electron chi connectivity index (χ3n) is 6.25. The van der Waals surface area contributed by atoms with Gasteiger partial charge in [0.05, 0.1) is 40.3 Å². The maximum absolute atomic E-state index is 15.1. The van der Waals surface area contributed by atoms with Gasteiger partial charge in [0.15, 0.2) is 5.78 Å². The van der Waals surface area contributed by atoms with Gasteiger partial charge >= 0.3 is 5.97 Å². The first-order valence-corrected chi connectivity index (χ1v) is 10.9. The van der Waals surface area contributed by atoms with E-state index >= 15 is 4.39 Å². The number of carboxylic acids is 1. The number of halogens is 2. The molecule has 3 heterocycles. The number of hydrogen-bond donors (Lipinski definition) is 2. The number of aromatic nitrogens is 3. The Bertz CT molecular complexity index is 1830. The number of nitrogens with two attached hydrogens (primary N) is 1. The van der Waals surface area contributed by atoms with Crippen LogP contribution in [0.2, 0.25) is 0 Å². The van der Waals surface area contributed by atoms with Gasteiger partial charge in [-0.1, -0.05) is 18.2 Å². The maximum atomic E-state index is 15.1. The maximum Gasteiger partial charge on any atom is 0.353 e. The van der Waals surface area contributed by atoms with Crippen LogP contribution in [0.3, 0.4) is 0 Å². The molecule has 0 fully saturated rings. The summed E-state index contributed by atoms with van der Waals surface area (Å²) in [5, 5.41) is 11.2. The number of carboxylic acid groups (broad SMARTS) is 1. The van der Waals surface area contributed by atoms with E-state index in [-0.39, 0.29) is 63.5 Å². The Morgan fingerprint density at radius 3 is 2.78 bits per heavy atom. The molecule has 1 aliphatic rings. The second-order valence-corrected chi connectivity index (χ2v) is 8.36. The molecular formula is C26H16F2N4O4. The molecule has 0 unspecified atom stereocenters. The Morgan fingerprint density at radius 1 is 1.17 bits per heavy atom. The molecule has 3 aromatic heterocycles. The Balaban J connectivity index is 1.73. The molecule has 178 valence electrons. The number of allylic oxidation sites excluding steroid dienone is 4. The van der Waals surface area contributed by atoms with Crippen LogP contribution in [0.4, 0.5) is 14.7 Å². The highest BCUT2D eigenvalue weighted by Crippen LogP contribution is 2.40. The van der Waals surface area contributed by atoms with Gasteiger partial charge in [-0.05, 0) is 24.3 Å². The lowest BCUT2D eigenvalue weighted by molar-refractivity contribution is -0.113. The fourth-order valence-electron chi connectivity index (χ4n) is 4.78. The summed E-state index contributed by atoms with van der Waals surface area (Å²) in [4.78, 5) is 33.9. The van der Waals surface area contributed by atoms with Crippen LogP contribution in [0.25, 0.3) is 38.3 Å². The summed E-state index contributed by atoms with van der Waals surface area (Å²) in [6, 6.07) is 6.54. The summed E-state index contributed by atoms with van der Waals surface area (Å²) in [5.74, 6) is -2.89. The Kier molecular flexibility index (Phi) is 4.72. The number of carbonyl (C=O) groups excluding carboxylic acids is 1. The molecule has 3 N–H and O–H groups in total. The number of hydrogen-bond acceptors (Lipinski definition) is 6. The molecule has 8 nitrogen and oxygen atoms in total. The van der Waals surface area contributed by atoms with E-state index in [1.807, 2.05) is 0 Å². The van der Waals surface area contributed by atoms with Crippen molar-refractivity contribution < 1.29 is 27.9 Å². The van der Waals surface area contributed by atoms with E-state index in [9.17, 15) is 19.1 Å². The zero-order valence-electron chi connectivity index (χ0n) is 18.5. The normalized spacial score (nSPS) is 13.7. The zero-order valence-corrected chi connectivity index (χ0v) is 18.5. The van der Waals surface area contributed by atoms with Crippen LogP contribution >= 0.6 is 0 Å². The van der Waals surface area contributed by atoms with Gasteiger partial charge in [0.1, 0.15) is 22.9 Å². The van der Waals surface area contributed by atoms with E-state index in [1.165, 1.54) is 47.2 Å². The number of rotatable bonds is 4. The zero-order chi connectivity index (χ0) is 25.1. The highest BCUT2D eigenvalue weighted by molar-refractivity contribution is 6.29. The number of furan rings is 1. The van der Waals surface area contributed by atoms with E-state index in [4.69, 9.17) is 10.2 Å². The summed E-state index contributed by atoms with van der Waals surface area (Å²) in [6.07, 6.45) is 6.28. The first-order valence-electron chi connectivity index (χ1n) is 10.9. The lowest BCUT2D eigenvalue weighted by Crippen LogP contribution is -2.15. The molecule has 6 rings (SSSR count). The van der Waals surface area contributed by atoms with Gasteiger partial charge in [0.2, 0.25) is 5.95 Å². The smallest absolute Gasteiger partial charge is 0.353 e. The van der Waals surface area contributed by atoms with Crippen LogP contribution in [0.1, 0.15) is 28.2 Å². The van der Waals surface area contributed by atoms with Crippen LogP contribution in [0.15, 0.2) is 59.2 Å². The third-order valence-corrected chi connectivity index (χ3v) is 6.25. The molecular weight excluding hydrogens is 470 g/mol. The second-order valence-electron chi connectivity index (χ2n) is 8.36. The van der Waals surface area contributed by atoms with E-state index in [1.54, 1.807) is 12.2 Å². The molecule has 0 radical (unpaired) electrons. The highest BCUT2D eigenvalue weighted by Gasteiger charge is 2.31. The molecule has 0 saturated heterocycles. The highest BCUT2D eigenvalue weighted by atomic mass is 19.1. The molecule has 36 heavy (non-hydrogen) atoms. The minimum Gasteiger partial charge on any atom is -0.477 e. The molecule has 0 aliphatic heterocycles. The lowest BCUT2D eigenvalue weighted by Gasteiger charge is -2.12. The number of fused-ring (bicyclic) bond motifs is 4. The Morgan fingerprint density at radius 2 is 2.00 bits per heavy atom. The van der Waals surface area contributed by atoms with Gasteiger partial charge in [-0.15, -0.1) is 0 Å². The van der Waals surface area contributed by atoms with Gasteiger partial charge in [-0.2, -0.15) is 0 Å². The largest absolute Gasteiger partial charge is 0.477 e. The van der Waals surface area contributed by atoms with E-state index in [0.717, 1.165) is 0 Å². The molecule has 2 aromatic carbocycles. The third kappa shape index (κ3) is 3.18. The van der Waals surface area contributed by atoms with Crippen LogP contribution in [-0.4, -0.2) is 31.4 Å². The summed E-state index contributed by atoms with van der Waals surface area (Å²) < 4.78 is 35.9. The van der Waals surface area contributed by atoms with Gasteiger partial charge in [-0.25, -0.2) is 23.5 Å². The SMILES string of the molecule is Nc1nc(Cn2c(C(=O)O)c(C3=CC=CCC3=O)c3c4occc4c(F)cc32)c2ccc(F)cc2n1. The fraction of sp³-hybridized carbons (Fsp3) is 0.0769. The van der Waals surface area contributed by atoms with Crippen molar-refractivity contribution in [3.8, 4) is 0 Å². The second kappa shape index (κ2) is 7.84. The van der Waals surface area contributed by atoms with Crippen molar-refractivity contribution in [1.29, 1.82) is 0 Å². The molecule has 10 heteroatoms. The monoisotopic (exact) mass is 486 g/mol. The predicted molar refractivity (Wildman–Crippen MR) is 128 cm³/mol. The Hall–Kier alpha value is -4.86. The molecule has 1 aliphatic carbocycles. The van der Waals surface area contributed by atoms with E-state index < -0.39 is 17.6 Å². The van der Waals surface area contributed by atoms with Gasteiger partial charge < -0.3 is 19.8 Å². The average Bonchev–Trinajstić information content (AvgIpc) is 3.43. The number of nitrogens with zero attached hydrogens (tertiary/aromatic N) is 3. The topological polar surface area (TPSA) is 124 Å². The molecule has 0 saturated carbocycles. The van der Waals surface area contributed by atoms with Crippen molar-refractivity contribution in [2.45, 2.75) is 13.0 Å². The number of nitrogen functional groups attached to an aromatic ring is 1. The number of aromatic carboxylic acids is 1. The average molecular weight is 486 g/mol. The van der Waals surface area contributed by atoms with Crippen molar-refractivity contribution in [3.63, 3.8) is 0 Å². The predicted octanol–water partition coefficient (Wildman–Crippen LogP) is 4.85. The Labute approximate surface area is 201 Å². The van der Waals surface area contributed by atoms with Crippen LogP contribution in [-0.2, 0) is 11.3 Å². The van der Waals surface area contributed by atoms with Gasteiger partial charge in [0.25, 0.3) is 0 Å². The number of anilines is 1. The number of ketones is 1. The minimum absolute atomic E-state index is 0.0959. The van der Waals surface area contributed by atoms with Crippen molar-refractivity contribution in [2.24, 2.45) is 0 Å². The van der Waals surface area contributed by atoms with Crippen LogP contribution < -0.4 is 5.73 Å². The quantitative estimate of drug-likeness (QED) is 0.372. The van der Waals surface area contributed by atoms with Gasteiger partial charge in [-0.3, -0.25) is 4.79 Å². The van der Waals surface area contributed by atoms with E-state index in [2.05, 4.69) is 9.97 Å². The van der Waals surface area contributed by atoms with Crippen molar-refractivity contribution in [1.82, 2.24) is 14.5 Å². The van der Waals surface area contributed by atoms with E-state index in [0.29, 0.717) is 16.5 Å². The standard InChI is InChI=1S/C26H16F2N4O4/c27-12-5-6-14-17(9-12)30-26(29)31-18(14)11-32-19-10-16(28)13-7-8-36-24(13)22(19)21(23(32)25(34)35)15-3-1-2-4-20(15)33/h1-3,5-10H,4,11H2,(H,34,35)(H2,29,30,31). The fourth-order valence-corrected chi connectivity index (χ4v) is 4.78. The van der Waals surface area contributed by atoms with Crippen LogP contribution in [0, 0.1) is 11.6 Å². The summed E-state index contributed by atoms with van der Waals surface area (Å²) in [6.45, 7) is -0.171. The number of Topliss-reactive ketones (excluding diaryl/α,β-unsaturated/α-hetero) is 1. The summed E-state index contributed by atoms with van der Waals surface area (Å²) in [7, 11) is 0. The molecule has 0 bridgehead atoms.